The van der Waals surface area contributed by atoms with Crippen molar-refractivity contribution in [2.75, 3.05) is 5.73 Å². The number of halogens is 2. The molecule has 0 unspecified atom stereocenters. The molecule has 2 heterocycles. The minimum absolute atomic E-state index is 0.274. The van der Waals surface area contributed by atoms with Crippen LogP contribution in [0, 0.1) is 0 Å². The van der Waals surface area contributed by atoms with Crippen LogP contribution in [0.2, 0.25) is 5.02 Å². The van der Waals surface area contributed by atoms with Crippen molar-refractivity contribution >= 4 is 45.1 Å². The molecule has 0 amide bonds. The molecule has 16 heavy (non-hydrogen) atoms. The zero-order chi connectivity index (χ0) is 11.5. The molecule has 82 valence electrons. The van der Waals surface area contributed by atoms with E-state index < -0.39 is 0 Å². The number of nitrogens with zero attached hydrogens (tertiary/aromatic N) is 3. The highest BCUT2D eigenvalue weighted by Gasteiger charge is 2.08. The molecule has 7 heteroatoms. The van der Waals surface area contributed by atoms with Gasteiger partial charge < -0.3 is 5.73 Å². The van der Waals surface area contributed by atoms with Gasteiger partial charge in [-0.25, -0.2) is 15.0 Å². The third-order valence-electron chi connectivity index (χ3n) is 1.69. The fraction of sp³-hybridized carbons (Fsp3) is 0. The van der Waals surface area contributed by atoms with Gasteiger partial charge in [-0.1, -0.05) is 11.6 Å². The zero-order valence-corrected chi connectivity index (χ0v) is 11.1. The second-order valence-corrected chi connectivity index (χ2v) is 5.10. The van der Waals surface area contributed by atoms with E-state index in [2.05, 4.69) is 30.9 Å². The molecule has 0 aliphatic heterocycles. The summed E-state index contributed by atoms with van der Waals surface area (Å²) in [6.45, 7) is 0. The van der Waals surface area contributed by atoms with Crippen LogP contribution < -0.4 is 5.73 Å². The van der Waals surface area contributed by atoms with Gasteiger partial charge >= 0.3 is 0 Å². The van der Waals surface area contributed by atoms with Crippen LogP contribution in [0.3, 0.4) is 0 Å². The lowest BCUT2D eigenvalue weighted by Gasteiger charge is -2.03. The van der Waals surface area contributed by atoms with Gasteiger partial charge in [-0.2, -0.15) is 0 Å². The van der Waals surface area contributed by atoms with Gasteiger partial charge in [-0.05, 0) is 39.8 Å². The van der Waals surface area contributed by atoms with E-state index in [4.69, 9.17) is 17.3 Å². The molecule has 2 rings (SSSR count). The number of nitrogen functional groups attached to an aromatic ring is 1. The van der Waals surface area contributed by atoms with Crippen molar-refractivity contribution in [1.82, 2.24) is 15.0 Å². The molecule has 0 aliphatic rings. The molecule has 2 N–H and O–H groups in total. The van der Waals surface area contributed by atoms with Crippen LogP contribution in [0.4, 0.5) is 5.82 Å². The van der Waals surface area contributed by atoms with Gasteiger partial charge in [-0.15, -0.1) is 0 Å². The number of aromatic nitrogens is 3. The number of rotatable bonds is 2. The Labute approximate surface area is 110 Å². The number of hydrogen-bond acceptors (Lipinski definition) is 5. The maximum Gasteiger partial charge on any atom is 0.146 e. The molecule has 0 spiro atoms. The van der Waals surface area contributed by atoms with Crippen LogP contribution in [0.5, 0.6) is 0 Å². The minimum Gasteiger partial charge on any atom is -0.382 e. The van der Waals surface area contributed by atoms with E-state index in [1.54, 1.807) is 6.20 Å². The minimum atomic E-state index is 0.274. The SMILES string of the molecule is Nc1ncnc(Sc2ccc(Br)cn2)c1Cl. The highest BCUT2D eigenvalue weighted by atomic mass is 79.9. The van der Waals surface area contributed by atoms with E-state index in [1.165, 1.54) is 18.1 Å². The molecule has 0 fully saturated rings. The van der Waals surface area contributed by atoms with Crippen LogP contribution in [0.1, 0.15) is 0 Å². The van der Waals surface area contributed by atoms with Crippen LogP contribution >= 0.6 is 39.3 Å². The Morgan fingerprint density at radius 3 is 2.75 bits per heavy atom. The summed E-state index contributed by atoms with van der Waals surface area (Å²) < 4.78 is 0.921. The molecule has 0 bridgehead atoms. The van der Waals surface area contributed by atoms with Crippen molar-refractivity contribution in [1.29, 1.82) is 0 Å². The summed E-state index contributed by atoms with van der Waals surface area (Å²) >= 11 is 10.6. The van der Waals surface area contributed by atoms with E-state index in [0.717, 1.165) is 9.50 Å². The predicted octanol–water partition coefficient (Wildman–Crippen LogP) is 3.02. The number of hydrogen-bond donors (Lipinski definition) is 1. The van der Waals surface area contributed by atoms with Gasteiger partial charge in [0.15, 0.2) is 0 Å². The van der Waals surface area contributed by atoms with Crippen LogP contribution in [-0.4, -0.2) is 15.0 Å². The van der Waals surface area contributed by atoms with Gasteiger partial charge in [0.05, 0.1) is 0 Å². The summed E-state index contributed by atoms with van der Waals surface area (Å²) in [5.74, 6) is 0.274. The Morgan fingerprint density at radius 2 is 2.06 bits per heavy atom. The third-order valence-corrected chi connectivity index (χ3v) is 3.59. The van der Waals surface area contributed by atoms with Crippen molar-refractivity contribution in [2.45, 2.75) is 10.1 Å². The Morgan fingerprint density at radius 1 is 1.25 bits per heavy atom. The third kappa shape index (κ3) is 2.63. The van der Waals surface area contributed by atoms with E-state index in [9.17, 15) is 0 Å². The summed E-state index contributed by atoms with van der Waals surface area (Å²) in [7, 11) is 0. The predicted molar refractivity (Wildman–Crippen MR) is 67.5 cm³/mol. The van der Waals surface area contributed by atoms with Gasteiger partial charge in [0.2, 0.25) is 0 Å². The Balaban J connectivity index is 2.27. The van der Waals surface area contributed by atoms with Crippen molar-refractivity contribution in [3.05, 3.63) is 34.2 Å². The fourth-order valence-corrected chi connectivity index (χ4v) is 2.14. The zero-order valence-electron chi connectivity index (χ0n) is 7.89. The molecular formula is C9H6BrClN4S. The van der Waals surface area contributed by atoms with Crippen molar-refractivity contribution < 1.29 is 0 Å². The topological polar surface area (TPSA) is 64.7 Å². The molecule has 4 nitrogen and oxygen atoms in total. The molecule has 0 atom stereocenters. The summed E-state index contributed by atoms with van der Waals surface area (Å²) in [5.41, 5.74) is 5.57. The van der Waals surface area contributed by atoms with Gasteiger partial charge in [0.1, 0.15) is 27.2 Å². The number of anilines is 1. The fourth-order valence-electron chi connectivity index (χ4n) is 0.959. The highest BCUT2D eigenvalue weighted by molar-refractivity contribution is 9.10. The van der Waals surface area contributed by atoms with Crippen LogP contribution in [-0.2, 0) is 0 Å². The molecule has 2 aromatic heterocycles. The molecule has 0 aliphatic carbocycles. The maximum atomic E-state index is 5.97. The molecule has 2 aromatic rings. The summed E-state index contributed by atoms with van der Waals surface area (Å²) in [6, 6.07) is 3.76. The molecular weight excluding hydrogens is 312 g/mol. The highest BCUT2D eigenvalue weighted by Crippen LogP contribution is 2.32. The lowest BCUT2D eigenvalue weighted by atomic mass is 10.5. The lowest BCUT2D eigenvalue weighted by Crippen LogP contribution is -1.94. The van der Waals surface area contributed by atoms with E-state index >= 15 is 0 Å². The second-order valence-electron chi connectivity index (χ2n) is 2.79. The standard InChI is InChI=1S/C9H6BrClN4S/c10-5-1-2-6(13-3-5)16-9-7(11)8(12)14-4-15-9/h1-4H,(H2,12,14,15). The molecule has 0 radical (unpaired) electrons. The van der Waals surface area contributed by atoms with Gasteiger partial charge in [0.25, 0.3) is 0 Å². The average molecular weight is 318 g/mol. The first-order valence-corrected chi connectivity index (χ1v) is 6.21. The molecule has 0 saturated heterocycles. The van der Waals surface area contributed by atoms with Crippen molar-refractivity contribution in [3.63, 3.8) is 0 Å². The number of pyridine rings is 1. The van der Waals surface area contributed by atoms with E-state index in [-0.39, 0.29) is 5.82 Å². The summed E-state index contributed by atoms with van der Waals surface area (Å²) in [5, 5.41) is 1.75. The van der Waals surface area contributed by atoms with Crippen LogP contribution in [0.15, 0.2) is 39.2 Å². The molecule has 0 aromatic carbocycles. The van der Waals surface area contributed by atoms with Crippen molar-refractivity contribution in [2.24, 2.45) is 0 Å². The van der Waals surface area contributed by atoms with E-state index in [0.29, 0.717) is 10.0 Å². The van der Waals surface area contributed by atoms with Crippen LogP contribution in [0.25, 0.3) is 0 Å². The first-order valence-electron chi connectivity index (χ1n) is 4.22. The molecule has 0 saturated carbocycles. The normalized spacial score (nSPS) is 10.4. The quantitative estimate of drug-likeness (QED) is 0.863. The maximum absolute atomic E-state index is 5.97. The summed E-state index contributed by atoms with van der Waals surface area (Å²) in [6.07, 6.45) is 3.09. The Kier molecular flexibility index (Phi) is 3.63. The van der Waals surface area contributed by atoms with Gasteiger partial charge in [-0.3, -0.25) is 0 Å². The van der Waals surface area contributed by atoms with Gasteiger partial charge in [0, 0.05) is 10.7 Å². The Hall–Kier alpha value is -0.850. The number of nitrogens with two attached hydrogens (primary N) is 1. The largest absolute Gasteiger partial charge is 0.382 e. The van der Waals surface area contributed by atoms with Crippen molar-refractivity contribution in [3.8, 4) is 0 Å². The summed E-state index contributed by atoms with van der Waals surface area (Å²) in [4.78, 5) is 12.0. The first kappa shape index (κ1) is 11.6. The second kappa shape index (κ2) is 4.99. The van der Waals surface area contributed by atoms with E-state index in [1.807, 2.05) is 12.1 Å². The monoisotopic (exact) mass is 316 g/mol. The lowest BCUT2D eigenvalue weighted by molar-refractivity contribution is 1.04. The Bertz CT molecular complexity index is 505. The first-order chi connectivity index (χ1) is 7.66. The smallest absolute Gasteiger partial charge is 0.146 e. The average Bonchev–Trinajstić information content (AvgIpc) is 2.28.